The van der Waals surface area contributed by atoms with Crippen LogP contribution in [-0.4, -0.2) is 25.4 Å². The van der Waals surface area contributed by atoms with E-state index in [1.54, 1.807) is 33.3 Å². The fourth-order valence-electron chi connectivity index (χ4n) is 2.55. The summed E-state index contributed by atoms with van der Waals surface area (Å²) >= 11 is 0. The Morgan fingerprint density at radius 3 is 1.62 bits per heavy atom. The largest absolute Gasteiger partial charge is 0.496 e. The lowest BCUT2D eigenvalue weighted by molar-refractivity contribution is 0.0527. The van der Waals surface area contributed by atoms with Gasteiger partial charge in [0.25, 0.3) is 0 Å². The molecule has 0 spiro atoms. The molecule has 2 rings (SSSR count). The van der Waals surface area contributed by atoms with Gasteiger partial charge in [0.1, 0.15) is 17.1 Å². The molecule has 0 aliphatic carbocycles. The zero-order valence-corrected chi connectivity index (χ0v) is 12.5. The molecule has 2 aromatic carbocycles. The third-order valence-electron chi connectivity index (χ3n) is 3.69. The number of hydrogen-bond donors (Lipinski definition) is 2. The Hall–Kier alpha value is -2.04. The SMILES string of the molecule is COc1ccccc1C(O)(c1ccccc1OC)C(C)N. The van der Waals surface area contributed by atoms with Crippen molar-refractivity contribution >= 4 is 0 Å². The Kier molecular flexibility index (Phi) is 4.50. The van der Waals surface area contributed by atoms with Gasteiger partial charge in [0, 0.05) is 17.2 Å². The molecule has 1 atom stereocenters. The molecule has 0 saturated heterocycles. The van der Waals surface area contributed by atoms with Crippen LogP contribution in [0.15, 0.2) is 48.5 Å². The van der Waals surface area contributed by atoms with Crippen LogP contribution in [0.3, 0.4) is 0 Å². The van der Waals surface area contributed by atoms with Crippen LogP contribution < -0.4 is 15.2 Å². The van der Waals surface area contributed by atoms with Gasteiger partial charge in [0.05, 0.1) is 14.2 Å². The van der Waals surface area contributed by atoms with E-state index in [0.29, 0.717) is 22.6 Å². The molecular weight excluding hydrogens is 266 g/mol. The molecule has 0 heterocycles. The average Bonchev–Trinajstić information content (AvgIpc) is 2.53. The van der Waals surface area contributed by atoms with Crippen LogP contribution in [0.1, 0.15) is 18.1 Å². The first-order valence-electron chi connectivity index (χ1n) is 6.80. The van der Waals surface area contributed by atoms with Gasteiger partial charge in [-0.15, -0.1) is 0 Å². The topological polar surface area (TPSA) is 64.7 Å². The van der Waals surface area contributed by atoms with Crippen LogP contribution in [0, 0.1) is 0 Å². The molecule has 0 fully saturated rings. The lowest BCUT2D eigenvalue weighted by Crippen LogP contribution is -2.44. The van der Waals surface area contributed by atoms with E-state index >= 15 is 0 Å². The summed E-state index contributed by atoms with van der Waals surface area (Å²) in [5, 5.41) is 11.4. The second-order valence-electron chi connectivity index (χ2n) is 4.96. The maximum absolute atomic E-state index is 11.4. The van der Waals surface area contributed by atoms with Crippen molar-refractivity contribution in [3.63, 3.8) is 0 Å². The minimum absolute atomic E-state index is 0.551. The Balaban J connectivity index is 2.71. The molecule has 0 bridgehead atoms. The number of ether oxygens (including phenoxy) is 2. The monoisotopic (exact) mass is 287 g/mol. The summed E-state index contributed by atoms with van der Waals surface area (Å²) in [6.07, 6.45) is 0. The van der Waals surface area contributed by atoms with Gasteiger partial charge in [-0.1, -0.05) is 36.4 Å². The van der Waals surface area contributed by atoms with E-state index in [0.717, 1.165) is 0 Å². The maximum Gasteiger partial charge on any atom is 0.136 e. The molecule has 1 unspecified atom stereocenters. The third kappa shape index (κ3) is 2.60. The molecule has 0 radical (unpaired) electrons. The normalized spacial score (nSPS) is 12.8. The zero-order valence-electron chi connectivity index (χ0n) is 12.5. The summed E-state index contributed by atoms with van der Waals surface area (Å²) in [6, 6.07) is 14.1. The molecular formula is C17H21NO3. The molecule has 2 aromatic rings. The van der Waals surface area contributed by atoms with Crippen LogP contribution in [0.5, 0.6) is 11.5 Å². The molecule has 21 heavy (non-hydrogen) atoms. The van der Waals surface area contributed by atoms with Gasteiger partial charge < -0.3 is 20.3 Å². The van der Waals surface area contributed by atoms with E-state index in [4.69, 9.17) is 15.2 Å². The van der Waals surface area contributed by atoms with Crippen LogP contribution in [0.4, 0.5) is 0 Å². The third-order valence-corrected chi connectivity index (χ3v) is 3.69. The summed E-state index contributed by atoms with van der Waals surface area (Å²) in [5.74, 6) is 1.17. The van der Waals surface area contributed by atoms with E-state index in [-0.39, 0.29) is 0 Å². The molecule has 0 aliphatic heterocycles. The van der Waals surface area contributed by atoms with E-state index in [9.17, 15) is 5.11 Å². The lowest BCUT2D eigenvalue weighted by atomic mass is 9.80. The predicted octanol–water partition coefficient (Wildman–Crippen LogP) is 2.29. The van der Waals surface area contributed by atoms with Crippen LogP contribution in [0.2, 0.25) is 0 Å². The predicted molar refractivity (Wildman–Crippen MR) is 82.6 cm³/mol. The maximum atomic E-state index is 11.4. The molecule has 4 heteroatoms. The number of para-hydroxylation sites is 2. The summed E-state index contributed by atoms with van der Waals surface area (Å²) < 4.78 is 10.8. The Morgan fingerprint density at radius 2 is 1.29 bits per heavy atom. The second kappa shape index (κ2) is 6.16. The van der Waals surface area contributed by atoms with E-state index in [2.05, 4.69) is 0 Å². The van der Waals surface area contributed by atoms with Gasteiger partial charge in [-0.05, 0) is 19.1 Å². The molecule has 0 amide bonds. The molecule has 3 N–H and O–H groups in total. The highest BCUT2D eigenvalue weighted by molar-refractivity contribution is 5.50. The Morgan fingerprint density at radius 1 is 0.905 bits per heavy atom. The number of hydrogen-bond acceptors (Lipinski definition) is 4. The van der Waals surface area contributed by atoms with Gasteiger partial charge in [-0.3, -0.25) is 0 Å². The molecule has 4 nitrogen and oxygen atoms in total. The van der Waals surface area contributed by atoms with Gasteiger partial charge >= 0.3 is 0 Å². The number of aliphatic hydroxyl groups is 1. The van der Waals surface area contributed by atoms with Crippen molar-refractivity contribution in [1.29, 1.82) is 0 Å². The van der Waals surface area contributed by atoms with Crippen LogP contribution >= 0.6 is 0 Å². The van der Waals surface area contributed by atoms with Crippen molar-refractivity contribution in [2.45, 2.75) is 18.6 Å². The summed E-state index contributed by atoms with van der Waals surface area (Å²) in [6.45, 7) is 1.76. The second-order valence-corrected chi connectivity index (χ2v) is 4.96. The van der Waals surface area contributed by atoms with E-state index in [1.165, 1.54) is 0 Å². The summed E-state index contributed by atoms with van der Waals surface area (Å²) in [7, 11) is 3.14. The minimum atomic E-state index is -1.40. The zero-order chi connectivity index (χ0) is 15.5. The minimum Gasteiger partial charge on any atom is -0.496 e. The van der Waals surface area contributed by atoms with Crippen molar-refractivity contribution in [2.75, 3.05) is 14.2 Å². The first kappa shape index (κ1) is 15.4. The van der Waals surface area contributed by atoms with E-state index < -0.39 is 11.6 Å². The van der Waals surface area contributed by atoms with Gasteiger partial charge in [-0.2, -0.15) is 0 Å². The average molecular weight is 287 g/mol. The van der Waals surface area contributed by atoms with Crippen molar-refractivity contribution in [3.8, 4) is 11.5 Å². The molecule has 0 aromatic heterocycles. The lowest BCUT2D eigenvalue weighted by Gasteiger charge is -2.35. The number of nitrogens with two attached hydrogens (primary N) is 1. The first-order valence-corrected chi connectivity index (χ1v) is 6.80. The fraction of sp³-hybridized carbons (Fsp3) is 0.294. The van der Waals surface area contributed by atoms with Crippen LogP contribution in [0.25, 0.3) is 0 Å². The molecule has 0 saturated carbocycles. The van der Waals surface area contributed by atoms with Gasteiger partial charge in [0.15, 0.2) is 0 Å². The number of benzene rings is 2. The fourth-order valence-corrected chi connectivity index (χ4v) is 2.55. The van der Waals surface area contributed by atoms with Gasteiger partial charge in [-0.25, -0.2) is 0 Å². The molecule has 0 aliphatic rings. The smallest absolute Gasteiger partial charge is 0.136 e. The van der Waals surface area contributed by atoms with Crippen molar-refractivity contribution in [1.82, 2.24) is 0 Å². The van der Waals surface area contributed by atoms with Crippen molar-refractivity contribution < 1.29 is 14.6 Å². The number of methoxy groups -OCH3 is 2. The van der Waals surface area contributed by atoms with Crippen molar-refractivity contribution in [2.24, 2.45) is 5.73 Å². The molecule has 112 valence electrons. The standard InChI is InChI=1S/C17H21NO3/c1-12(18)17(19,13-8-4-6-10-15(13)20-2)14-9-5-7-11-16(14)21-3/h4-12,19H,18H2,1-3H3. The summed E-state index contributed by atoms with van der Waals surface area (Å²) in [5.41, 5.74) is 5.95. The highest BCUT2D eigenvalue weighted by Crippen LogP contribution is 2.41. The van der Waals surface area contributed by atoms with Gasteiger partial charge in [0.2, 0.25) is 0 Å². The number of rotatable bonds is 5. The highest BCUT2D eigenvalue weighted by Gasteiger charge is 2.40. The Labute approximate surface area is 125 Å². The quantitative estimate of drug-likeness (QED) is 0.885. The Bertz CT molecular complexity index is 563. The van der Waals surface area contributed by atoms with Crippen molar-refractivity contribution in [3.05, 3.63) is 59.7 Å². The summed E-state index contributed by atoms with van der Waals surface area (Å²) in [4.78, 5) is 0. The first-order chi connectivity index (χ1) is 10.1. The van der Waals surface area contributed by atoms with E-state index in [1.807, 2.05) is 36.4 Å². The highest BCUT2D eigenvalue weighted by atomic mass is 16.5. The van der Waals surface area contributed by atoms with Crippen LogP contribution in [-0.2, 0) is 5.60 Å².